The van der Waals surface area contributed by atoms with Gasteiger partial charge in [-0.15, -0.1) is 0 Å². The van der Waals surface area contributed by atoms with Crippen LogP contribution in [-0.4, -0.2) is 10.2 Å². The highest BCUT2D eigenvalue weighted by atomic mass is 16.4. The van der Waals surface area contributed by atoms with Crippen molar-refractivity contribution in [3.8, 4) is 22.8 Å². The molecular formula is C15H11NO4. The van der Waals surface area contributed by atoms with Crippen LogP contribution in [0, 0.1) is 0 Å². The predicted octanol–water partition coefficient (Wildman–Crippen LogP) is 2.45. The van der Waals surface area contributed by atoms with E-state index in [1.807, 2.05) is 6.07 Å². The second-order valence-electron chi connectivity index (χ2n) is 4.35. The molecule has 0 spiro atoms. The highest BCUT2D eigenvalue weighted by Gasteiger charge is 2.17. The molecule has 20 heavy (non-hydrogen) atoms. The van der Waals surface area contributed by atoms with Crippen molar-refractivity contribution in [3.63, 3.8) is 0 Å². The molecule has 0 fully saturated rings. The number of phenols is 2. The van der Waals surface area contributed by atoms with E-state index in [1.54, 1.807) is 24.3 Å². The lowest BCUT2D eigenvalue weighted by Gasteiger charge is -2.08. The van der Waals surface area contributed by atoms with Crippen molar-refractivity contribution in [3.05, 3.63) is 52.7 Å². The van der Waals surface area contributed by atoms with E-state index in [2.05, 4.69) is 0 Å². The Bertz CT molecular complexity index is 853. The van der Waals surface area contributed by atoms with Crippen molar-refractivity contribution in [2.75, 3.05) is 5.73 Å². The molecule has 2 aromatic carbocycles. The van der Waals surface area contributed by atoms with Crippen LogP contribution in [0.3, 0.4) is 0 Å². The third kappa shape index (κ3) is 1.68. The topological polar surface area (TPSA) is 96.7 Å². The maximum Gasteiger partial charge on any atom is 0.216 e. The highest BCUT2D eigenvalue weighted by Crippen LogP contribution is 2.36. The Hall–Kier alpha value is -2.95. The van der Waals surface area contributed by atoms with Crippen molar-refractivity contribution < 1.29 is 14.6 Å². The van der Waals surface area contributed by atoms with Crippen LogP contribution in [0.5, 0.6) is 11.5 Å². The molecule has 1 aromatic heterocycles. The zero-order chi connectivity index (χ0) is 14.3. The minimum absolute atomic E-state index is 0.0335. The molecule has 3 aromatic rings. The quantitative estimate of drug-likeness (QED) is 0.589. The number of hydrogen-bond acceptors (Lipinski definition) is 5. The molecule has 5 nitrogen and oxygen atoms in total. The Labute approximate surface area is 113 Å². The third-order valence-corrected chi connectivity index (χ3v) is 3.08. The van der Waals surface area contributed by atoms with Crippen LogP contribution in [-0.2, 0) is 0 Å². The fourth-order valence-corrected chi connectivity index (χ4v) is 2.05. The first-order valence-electron chi connectivity index (χ1n) is 5.92. The lowest BCUT2D eigenvalue weighted by Crippen LogP contribution is -2.10. The van der Waals surface area contributed by atoms with Gasteiger partial charge >= 0.3 is 0 Å². The smallest absolute Gasteiger partial charge is 0.216 e. The first-order chi connectivity index (χ1) is 9.59. The first kappa shape index (κ1) is 12.1. The van der Waals surface area contributed by atoms with Gasteiger partial charge in [0.05, 0.1) is 5.39 Å². The summed E-state index contributed by atoms with van der Waals surface area (Å²) in [5.74, 6) is -0.662. The Kier molecular flexibility index (Phi) is 2.61. The second kappa shape index (κ2) is 4.31. The van der Waals surface area contributed by atoms with Crippen molar-refractivity contribution in [1.29, 1.82) is 0 Å². The standard InChI is InChI=1S/C15H11NO4/c16-11-12(18)9-6-7-10(17)13(19)15(9)20-14(11)8-4-2-1-3-5-8/h1-7,17,19H,16H2. The average molecular weight is 269 g/mol. The van der Waals surface area contributed by atoms with Crippen LogP contribution in [0.4, 0.5) is 5.69 Å². The highest BCUT2D eigenvalue weighted by molar-refractivity contribution is 5.90. The molecule has 1 heterocycles. The molecule has 5 heteroatoms. The van der Waals surface area contributed by atoms with Crippen molar-refractivity contribution in [1.82, 2.24) is 0 Å². The van der Waals surface area contributed by atoms with Crippen molar-refractivity contribution in [2.45, 2.75) is 0 Å². The Morgan fingerprint density at radius 2 is 1.70 bits per heavy atom. The van der Waals surface area contributed by atoms with E-state index in [0.717, 1.165) is 0 Å². The SMILES string of the molecule is Nc1c(-c2ccccc2)oc2c(O)c(O)ccc2c1=O. The van der Waals surface area contributed by atoms with E-state index in [-0.39, 0.29) is 28.2 Å². The summed E-state index contributed by atoms with van der Waals surface area (Å²) in [6.45, 7) is 0. The number of hydrogen-bond donors (Lipinski definition) is 3. The predicted molar refractivity (Wildman–Crippen MR) is 75.7 cm³/mol. The zero-order valence-electron chi connectivity index (χ0n) is 10.3. The Morgan fingerprint density at radius 3 is 2.40 bits per heavy atom. The van der Waals surface area contributed by atoms with Gasteiger partial charge in [0.25, 0.3) is 0 Å². The molecule has 0 atom stereocenters. The maximum absolute atomic E-state index is 12.2. The number of rotatable bonds is 1. The second-order valence-corrected chi connectivity index (χ2v) is 4.35. The summed E-state index contributed by atoms with van der Waals surface area (Å²) < 4.78 is 5.54. The van der Waals surface area contributed by atoms with E-state index in [1.165, 1.54) is 12.1 Å². The normalized spacial score (nSPS) is 10.8. The largest absolute Gasteiger partial charge is 0.504 e. The fourth-order valence-electron chi connectivity index (χ4n) is 2.05. The van der Waals surface area contributed by atoms with Gasteiger partial charge in [-0.1, -0.05) is 30.3 Å². The van der Waals surface area contributed by atoms with Crippen molar-refractivity contribution >= 4 is 16.7 Å². The van der Waals surface area contributed by atoms with Crippen LogP contribution in [0.1, 0.15) is 0 Å². The van der Waals surface area contributed by atoms with Crippen LogP contribution < -0.4 is 11.2 Å². The number of nitrogen functional groups attached to an aromatic ring is 1. The van der Waals surface area contributed by atoms with Crippen LogP contribution in [0.2, 0.25) is 0 Å². The summed E-state index contributed by atoms with van der Waals surface area (Å²) in [6.07, 6.45) is 0. The number of phenolic OH excluding ortho intramolecular Hbond substituents is 2. The van der Waals surface area contributed by atoms with E-state index >= 15 is 0 Å². The number of fused-ring (bicyclic) bond motifs is 1. The molecule has 0 bridgehead atoms. The summed E-state index contributed by atoms with van der Waals surface area (Å²) in [6, 6.07) is 11.4. The number of aromatic hydroxyl groups is 2. The molecule has 0 radical (unpaired) electrons. The Balaban J connectivity index is 2.44. The number of benzene rings is 2. The van der Waals surface area contributed by atoms with Crippen LogP contribution in [0.25, 0.3) is 22.3 Å². The minimum Gasteiger partial charge on any atom is -0.504 e. The van der Waals surface area contributed by atoms with Crippen LogP contribution in [0.15, 0.2) is 51.7 Å². The summed E-state index contributed by atoms with van der Waals surface area (Å²) in [7, 11) is 0. The fraction of sp³-hybridized carbons (Fsp3) is 0. The Morgan fingerprint density at radius 1 is 1.00 bits per heavy atom. The van der Waals surface area contributed by atoms with Gasteiger partial charge in [-0.05, 0) is 12.1 Å². The van der Waals surface area contributed by atoms with Gasteiger partial charge in [0, 0.05) is 5.56 Å². The lowest BCUT2D eigenvalue weighted by molar-refractivity contribution is 0.400. The molecule has 100 valence electrons. The molecular weight excluding hydrogens is 258 g/mol. The van der Waals surface area contributed by atoms with Gasteiger partial charge in [0.15, 0.2) is 17.1 Å². The zero-order valence-corrected chi connectivity index (χ0v) is 10.3. The first-order valence-corrected chi connectivity index (χ1v) is 5.92. The molecule has 4 N–H and O–H groups in total. The lowest BCUT2D eigenvalue weighted by atomic mass is 10.1. The summed E-state index contributed by atoms with van der Waals surface area (Å²) in [5.41, 5.74) is 5.88. The molecule has 0 aliphatic carbocycles. The molecule has 3 rings (SSSR count). The van der Waals surface area contributed by atoms with Crippen molar-refractivity contribution in [2.24, 2.45) is 0 Å². The van der Waals surface area contributed by atoms with Gasteiger partial charge in [-0.2, -0.15) is 0 Å². The van der Waals surface area contributed by atoms with E-state index in [9.17, 15) is 15.0 Å². The van der Waals surface area contributed by atoms with Crippen LogP contribution >= 0.6 is 0 Å². The average Bonchev–Trinajstić information content (AvgIpc) is 2.47. The summed E-state index contributed by atoms with van der Waals surface area (Å²) in [4.78, 5) is 12.2. The van der Waals surface area contributed by atoms with Gasteiger partial charge < -0.3 is 20.4 Å². The van der Waals surface area contributed by atoms with Gasteiger partial charge in [-0.3, -0.25) is 4.79 Å². The monoisotopic (exact) mass is 269 g/mol. The molecule has 0 aliphatic rings. The maximum atomic E-state index is 12.2. The molecule has 0 amide bonds. The third-order valence-electron chi connectivity index (χ3n) is 3.08. The summed E-state index contributed by atoms with van der Waals surface area (Å²) in [5, 5.41) is 19.4. The van der Waals surface area contributed by atoms with E-state index < -0.39 is 11.2 Å². The number of nitrogens with two attached hydrogens (primary N) is 1. The molecule has 0 aliphatic heterocycles. The molecule has 0 saturated carbocycles. The van der Waals surface area contributed by atoms with Gasteiger partial charge in [-0.25, -0.2) is 0 Å². The molecule has 0 unspecified atom stereocenters. The van der Waals surface area contributed by atoms with Gasteiger partial charge in [0.1, 0.15) is 5.69 Å². The van der Waals surface area contributed by atoms with E-state index in [0.29, 0.717) is 5.56 Å². The molecule has 0 saturated heterocycles. The summed E-state index contributed by atoms with van der Waals surface area (Å²) >= 11 is 0. The van der Waals surface area contributed by atoms with Gasteiger partial charge in [0.2, 0.25) is 11.2 Å². The minimum atomic E-state index is -0.475. The van der Waals surface area contributed by atoms with E-state index in [4.69, 9.17) is 10.2 Å². The number of anilines is 1.